The van der Waals surface area contributed by atoms with Crippen LogP contribution in [0.4, 0.5) is 4.39 Å². The van der Waals surface area contributed by atoms with Crippen LogP contribution in [0.25, 0.3) is 0 Å². The normalized spacial score (nSPS) is 24.0. The second kappa shape index (κ2) is 7.30. The number of carbonyl (C=O) groups is 2. The van der Waals surface area contributed by atoms with E-state index in [1.165, 1.54) is 12.1 Å². The molecule has 1 saturated heterocycles. The molecule has 6 heteroatoms. The maximum absolute atomic E-state index is 12.8. The van der Waals surface area contributed by atoms with Crippen LogP contribution >= 0.6 is 0 Å². The number of aliphatic carboxylic acids is 1. The Morgan fingerprint density at radius 2 is 1.92 bits per heavy atom. The van der Waals surface area contributed by atoms with Crippen LogP contribution in [0.5, 0.6) is 0 Å². The standard InChI is InChI=1S/C18H23FN2O3/c19-14-5-1-12(2-6-14)7-8-20-17(22)11-21-9-15(13-3-4-13)16(10-21)18(23)24/h1-2,5-6,13,15-16H,3-4,7-11H2,(H,20,22)(H,23,24)/t15-,16+/m0/s1. The van der Waals surface area contributed by atoms with E-state index in [1.54, 1.807) is 12.1 Å². The Labute approximate surface area is 140 Å². The summed E-state index contributed by atoms with van der Waals surface area (Å²) in [5, 5.41) is 12.2. The Kier molecular flexibility index (Phi) is 5.14. The number of amides is 1. The molecule has 1 aliphatic heterocycles. The molecule has 2 atom stereocenters. The summed E-state index contributed by atoms with van der Waals surface area (Å²) in [6.07, 6.45) is 2.88. The van der Waals surface area contributed by atoms with Crippen LogP contribution in [-0.4, -0.2) is 48.1 Å². The van der Waals surface area contributed by atoms with Gasteiger partial charge in [-0.25, -0.2) is 4.39 Å². The predicted octanol–water partition coefficient (Wildman–Crippen LogP) is 1.53. The quantitative estimate of drug-likeness (QED) is 0.793. The summed E-state index contributed by atoms with van der Waals surface area (Å²) < 4.78 is 12.8. The second-order valence-corrected chi connectivity index (χ2v) is 6.87. The lowest BCUT2D eigenvalue weighted by Crippen LogP contribution is -2.37. The second-order valence-electron chi connectivity index (χ2n) is 6.87. The zero-order valence-corrected chi connectivity index (χ0v) is 13.6. The molecule has 1 aromatic carbocycles. The van der Waals surface area contributed by atoms with Gasteiger partial charge in [-0.15, -0.1) is 0 Å². The van der Waals surface area contributed by atoms with Crippen molar-refractivity contribution in [3.05, 3.63) is 35.6 Å². The fourth-order valence-corrected chi connectivity index (χ4v) is 3.56. The summed E-state index contributed by atoms with van der Waals surface area (Å²) in [7, 11) is 0. The van der Waals surface area contributed by atoms with Crippen molar-refractivity contribution in [1.82, 2.24) is 10.2 Å². The first-order valence-electron chi connectivity index (χ1n) is 8.49. The van der Waals surface area contributed by atoms with E-state index in [1.807, 2.05) is 4.90 Å². The SMILES string of the molecule is O=C(CN1C[C@@H](C(=O)O)[C@H](C2CC2)C1)NCCc1ccc(F)cc1. The topological polar surface area (TPSA) is 69.6 Å². The zero-order valence-electron chi connectivity index (χ0n) is 13.6. The third-order valence-electron chi connectivity index (χ3n) is 5.00. The molecule has 1 heterocycles. The van der Waals surface area contributed by atoms with Gasteiger partial charge in [0.15, 0.2) is 0 Å². The highest BCUT2D eigenvalue weighted by molar-refractivity contribution is 5.78. The van der Waals surface area contributed by atoms with E-state index < -0.39 is 5.97 Å². The first-order valence-corrected chi connectivity index (χ1v) is 8.49. The molecular weight excluding hydrogens is 311 g/mol. The van der Waals surface area contributed by atoms with Crippen LogP contribution in [0.2, 0.25) is 0 Å². The number of carboxylic acids is 1. The molecule has 0 unspecified atom stereocenters. The summed E-state index contributed by atoms with van der Waals surface area (Å²) in [5.74, 6) is -0.726. The van der Waals surface area contributed by atoms with Crippen LogP contribution in [-0.2, 0) is 16.0 Å². The molecule has 1 saturated carbocycles. The molecule has 2 fully saturated rings. The Hall–Kier alpha value is -1.95. The first kappa shape index (κ1) is 16.9. The molecule has 1 aliphatic carbocycles. The Morgan fingerprint density at radius 1 is 1.21 bits per heavy atom. The van der Waals surface area contributed by atoms with Crippen LogP contribution in [0, 0.1) is 23.6 Å². The molecular formula is C18H23FN2O3. The van der Waals surface area contributed by atoms with E-state index in [9.17, 15) is 19.1 Å². The maximum atomic E-state index is 12.8. The molecule has 2 aliphatic rings. The molecule has 5 nitrogen and oxygen atoms in total. The number of rotatable bonds is 7. The minimum absolute atomic E-state index is 0.0855. The number of nitrogens with one attached hydrogen (secondary N) is 1. The molecule has 0 aromatic heterocycles. The third kappa shape index (κ3) is 4.32. The van der Waals surface area contributed by atoms with Gasteiger partial charge in [0.1, 0.15) is 5.82 Å². The van der Waals surface area contributed by atoms with Crippen LogP contribution in [0.15, 0.2) is 24.3 Å². The average molecular weight is 334 g/mol. The lowest BCUT2D eigenvalue weighted by molar-refractivity contribution is -0.142. The third-order valence-corrected chi connectivity index (χ3v) is 5.00. The molecule has 2 N–H and O–H groups in total. The van der Waals surface area contributed by atoms with Crippen molar-refractivity contribution >= 4 is 11.9 Å². The number of nitrogens with zero attached hydrogens (tertiary/aromatic N) is 1. The summed E-state index contributed by atoms with van der Waals surface area (Å²) >= 11 is 0. The molecule has 1 aromatic rings. The van der Waals surface area contributed by atoms with Crippen molar-refractivity contribution in [2.45, 2.75) is 19.3 Å². The predicted molar refractivity (Wildman–Crippen MR) is 86.9 cm³/mol. The molecule has 3 rings (SSSR count). The Balaban J connectivity index is 1.41. The summed E-state index contributed by atoms with van der Waals surface area (Å²) in [6.45, 7) is 1.90. The maximum Gasteiger partial charge on any atom is 0.308 e. The minimum atomic E-state index is -0.744. The lowest BCUT2D eigenvalue weighted by atomic mass is 9.92. The molecule has 130 valence electrons. The summed E-state index contributed by atoms with van der Waals surface area (Å²) in [6, 6.07) is 6.23. The van der Waals surface area contributed by atoms with Crippen molar-refractivity contribution in [3.63, 3.8) is 0 Å². The fraction of sp³-hybridized carbons (Fsp3) is 0.556. The van der Waals surface area contributed by atoms with Crippen molar-refractivity contribution in [1.29, 1.82) is 0 Å². The van der Waals surface area contributed by atoms with Crippen LogP contribution < -0.4 is 5.32 Å². The van der Waals surface area contributed by atoms with Gasteiger partial charge in [-0.05, 0) is 48.8 Å². The number of hydrogen-bond donors (Lipinski definition) is 2. The van der Waals surface area contributed by atoms with E-state index in [4.69, 9.17) is 0 Å². The van der Waals surface area contributed by atoms with E-state index in [0.717, 1.165) is 18.4 Å². The van der Waals surface area contributed by atoms with Gasteiger partial charge in [0, 0.05) is 19.6 Å². The van der Waals surface area contributed by atoms with E-state index >= 15 is 0 Å². The highest BCUT2D eigenvalue weighted by Gasteiger charge is 2.45. The van der Waals surface area contributed by atoms with Crippen molar-refractivity contribution in [2.24, 2.45) is 17.8 Å². The van der Waals surface area contributed by atoms with E-state index in [-0.39, 0.29) is 30.1 Å². The van der Waals surface area contributed by atoms with Crippen molar-refractivity contribution < 1.29 is 19.1 Å². The van der Waals surface area contributed by atoms with Gasteiger partial charge in [-0.1, -0.05) is 12.1 Å². The van der Waals surface area contributed by atoms with Gasteiger partial charge >= 0.3 is 5.97 Å². The van der Waals surface area contributed by atoms with Gasteiger partial charge in [-0.2, -0.15) is 0 Å². The molecule has 0 bridgehead atoms. The van der Waals surface area contributed by atoms with Gasteiger partial charge in [0.2, 0.25) is 5.91 Å². The largest absolute Gasteiger partial charge is 0.481 e. The lowest BCUT2D eigenvalue weighted by Gasteiger charge is -2.15. The van der Waals surface area contributed by atoms with Crippen LogP contribution in [0.1, 0.15) is 18.4 Å². The summed E-state index contributed by atoms with van der Waals surface area (Å²) in [4.78, 5) is 25.4. The monoisotopic (exact) mass is 334 g/mol. The fourth-order valence-electron chi connectivity index (χ4n) is 3.56. The smallest absolute Gasteiger partial charge is 0.308 e. The van der Waals surface area contributed by atoms with E-state index in [0.29, 0.717) is 32.0 Å². The minimum Gasteiger partial charge on any atom is -0.481 e. The number of carboxylic acid groups (broad SMARTS) is 1. The van der Waals surface area contributed by atoms with Gasteiger partial charge in [0.05, 0.1) is 12.5 Å². The highest BCUT2D eigenvalue weighted by atomic mass is 19.1. The summed E-state index contributed by atoms with van der Waals surface area (Å²) in [5.41, 5.74) is 0.970. The number of carbonyl (C=O) groups excluding carboxylic acids is 1. The molecule has 0 radical (unpaired) electrons. The molecule has 1 amide bonds. The number of halogens is 1. The van der Waals surface area contributed by atoms with Gasteiger partial charge in [-0.3, -0.25) is 14.5 Å². The van der Waals surface area contributed by atoms with Gasteiger partial charge in [0.25, 0.3) is 0 Å². The van der Waals surface area contributed by atoms with Gasteiger partial charge < -0.3 is 10.4 Å². The zero-order chi connectivity index (χ0) is 17.1. The van der Waals surface area contributed by atoms with Crippen LogP contribution in [0.3, 0.4) is 0 Å². The highest BCUT2D eigenvalue weighted by Crippen LogP contribution is 2.43. The number of hydrogen-bond acceptors (Lipinski definition) is 3. The van der Waals surface area contributed by atoms with Crippen molar-refractivity contribution in [2.75, 3.05) is 26.2 Å². The Bertz CT molecular complexity index is 601. The van der Waals surface area contributed by atoms with Crippen molar-refractivity contribution in [3.8, 4) is 0 Å². The Morgan fingerprint density at radius 3 is 2.54 bits per heavy atom. The number of benzene rings is 1. The van der Waals surface area contributed by atoms with E-state index in [2.05, 4.69) is 5.32 Å². The first-order chi connectivity index (χ1) is 11.5. The molecule has 0 spiro atoms. The molecule has 24 heavy (non-hydrogen) atoms. The number of likely N-dealkylation sites (tertiary alicyclic amines) is 1. The average Bonchev–Trinajstić information content (AvgIpc) is 3.30.